The normalized spacial score (nSPS) is 13.2. The highest BCUT2D eigenvalue weighted by Gasteiger charge is 2.11. The van der Waals surface area contributed by atoms with E-state index in [4.69, 9.17) is 4.98 Å². The van der Waals surface area contributed by atoms with Gasteiger partial charge in [-0.3, -0.25) is 0 Å². The second-order valence-corrected chi connectivity index (χ2v) is 4.79. The van der Waals surface area contributed by atoms with Gasteiger partial charge in [-0.1, -0.05) is 26.3 Å². The minimum absolute atomic E-state index is 0.525. The molecule has 1 heterocycles. The molecule has 1 unspecified atom stereocenters. The number of nitrogens with one attached hydrogen (secondary N) is 1. The molecule has 0 spiro atoms. The molecule has 0 radical (unpaired) electrons. The van der Waals surface area contributed by atoms with E-state index in [-0.39, 0.29) is 0 Å². The van der Waals surface area contributed by atoms with Crippen molar-refractivity contribution < 1.29 is 0 Å². The number of aromatic amines is 1. The number of aryl methyl sites for hydroxylation is 2. The molecule has 0 saturated carbocycles. The Hall–Kier alpha value is -1.31. The Kier molecular flexibility index (Phi) is 2.99. The van der Waals surface area contributed by atoms with Gasteiger partial charge in [0.25, 0.3) is 0 Å². The Labute approximate surface area is 97.1 Å². The van der Waals surface area contributed by atoms with Crippen LogP contribution in [0.15, 0.2) is 12.1 Å². The first-order valence-corrected chi connectivity index (χ1v) is 6.08. The Balaban J connectivity index is 2.47. The van der Waals surface area contributed by atoms with Crippen molar-refractivity contribution in [1.29, 1.82) is 0 Å². The van der Waals surface area contributed by atoms with Gasteiger partial charge in [-0.05, 0) is 37.5 Å². The summed E-state index contributed by atoms with van der Waals surface area (Å²) in [5.74, 6) is 1.66. The molecular weight excluding hydrogens is 196 g/mol. The molecule has 0 aliphatic heterocycles. The first-order valence-electron chi connectivity index (χ1n) is 6.08. The highest BCUT2D eigenvalue weighted by atomic mass is 14.9. The van der Waals surface area contributed by atoms with Crippen LogP contribution in [0.3, 0.4) is 0 Å². The minimum atomic E-state index is 0.525. The fraction of sp³-hybridized carbons (Fsp3) is 0.500. The first-order chi connectivity index (χ1) is 7.61. The zero-order chi connectivity index (χ0) is 11.7. The average molecular weight is 216 g/mol. The first kappa shape index (κ1) is 11.2. The van der Waals surface area contributed by atoms with Gasteiger partial charge in [0.2, 0.25) is 0 Å². The number of fused-ring (bicyclic) bond motifs is 1. The van der Waals surface area contributed by atoms with E-state index in [9.17, 15) is 0 Å². The summed E-state index contributed by atoms with van der Waals surface area (Å²) in [6.45, 7) is 8.71. The summed E-state index contributed by atoms with van der Waals surface area (Å²) in [4.78, 5) is 8.17. The lowest BCUT2D eigenvalue weighted by molar-refractivity contribution is 0.635. The number of imidazole rings is 1. The van der Waals surface area contributed by atoms with Crippen LogP contribution in [0.1, 0.15) is 49.6 Å². The van der Waals surface area contributed by atoms with Crippen LogP contribution >= 0.6 is 0 Å². The zero-order valence-electron chi connectivity index (χ0n) is 10.6. The number of H-pyrrole nitrogens is 1. The molecule has 2 heteroatoms. The quantitative estimate of drug-likeness (QED) is 0.822. The third-order valence-electron chi connectivity index (χ3n) is 3.13. The van der Waals surface area contributed by atoms with Crippen LogP contribution in [0.4, 0.5) is 0 Å². The summed E-state index contributed by atoms with van der Waals surface area (Å²) in [5.41, 5.74) is 4.86. The van der Waals surface area contributed by atoms with Gasteiger partial charge in [0.05, 0.1) is 11.0 Å². The van der Waals surface area contributed by atoms with Gasteiger partial charge < -0.3 is 4.98 Å². The van der Waals surface area contributed by atoms with Gasteiger partial charge in [-0.15, -0.1) is 0 Å². The summed E-state index contributed by atoms with van der Waals surface area (Å²) >= 11 is 0. The predicted molar refractivity (Wildman–Crippen MR) is 68.9 cm³/mol. The van der Waals surface area contributed by atoms with Crippen molar-refractivity contribution in [3.8, 4) is 0 Å². The van der Waals surface area contributed by atoms with Crippen LogP contribution in [0.5, 0.6) is 0 Å². The smallest absolute Gasteiger partial charge is 0.110 e. The molecule has 0 saturated heterocycles. The Morgan fingerprint density at radius 2 is 2.06 bits per heavy atom. The topological polar surface area (TPSA) is 28.7 Å². The molecule has 1 aromatic carbocycles. The molecule has 2 rings (SSSR count). The van der Waals surface area contributed by atoms with Crippen LogP contribution in [-0.4, -0.2) is 9.97 Å². The molecule has 0 fully saturated rings. The monoisotopic (exact) mass is 216 g/mol. The van der Waals surface area contributed by atoms with E-state index in [0.717, 1.165) is 11.3 Å². The molecule has 0 aliphatic carbocycles. The van der Waals surface area contributed by atoms with Crippen molar-refractivity contribution in [2.45, 2.75) is 46.5 Å². The van der Waals surface area contributed by atoms with E-state index in [1.807, 2.05) is 0 Å². The second kappa shape index (κ2) is 4.28. The van der Waals surface area contributed by atoms with Crippen molar-refractivity contribution in [2.24, 2.45) is 0 Å². The van der Waals surface area contributed by atoms with Crippen LogP contribution in [0.25, 0.3) is 11.0 Å². The number of nitrogens with zero attached hydrogens (tertiary/aromatic N) is 1. The van der Waals surface area contributed by atoms with Crippen molar-refractivity contribution >= 4 is 11.0 Å². The number of rotatable bonds is 3. The second-order valence-electron chi connectivity index (χ2n) is 4.79. The van der Waals surface area contributed by atoms with Crippen LogP contribution in [-0.2, 0) is 0 Å². The lowest BCUT2D eigenvalue weighted by atomic mass is 10.1. The van der Waals surface area contributed by atoms with E-state index in [1.54, 1.807) is 0 Å². The number of hydrogen-bond acceptors (Lipinski definition) is 1. The van der Waals surface area contributed by atoms with Crippen molar-refractivity contribution in [3.05, 3.63) is 29.1 Å². The fourth-order valence-corrected chi connectivity index (χ4v) is 2.29. The maximum atomic E-state index is 4.72. The molecule has 0 bridgehead atoms. The largest absolute Gasteiger partial charge is 0.342 e. The van der Waals surface area contributed by atoms with Crippen molar-refractivity contribution in [2.75, 3.05) is 0 Å². The fourth-order valence-electron chi connectivity index (χ4n) is 2.29. The lowest BCUT2D eigenvalue weighted by Gasteiger charge is -2.04. The number of aromatic nitrogens is 2. The standard InChI is InChI=1S/C14H20N2/c1-5-6-10(3)14-15-12-8-9(2)7-11(4)13(12)16-14/h7-8,10H,5-6H2,1-4H3,(H,15,16). The van der Waals surface area contributed by atoms with E-state index < -0.39 is 0 Å². The maximum Gasteiger partial charge on any atom is 0.110 e. The Morgan fingerprint density at radius 3 is 2.75 bits per heavy atom. The molecule has 1 aromatic heterocycles. The Morgan fingerprint density at radius 1 is 1.31 bits per heavy atom. The molecule has 16 heavy (non-hydrogen) atoms. The third-order valence-corrected chi connectivity index (χ3v) is 3.13. The summed E-state index contributed by atoms with van der Waals surface area (Å²) in [7, 11) is 0. The minimum Gasteiger partial charge on any atom is -0.342 e. The van der Waals surface area contributed by atoms with E-state index >= 15 is 0 Å². The molecule has 0 aliphatic rings. The van der Waals surface area contributed by atoms with E-state index in [2.05, 4.69) is 44.8 Å². The molecule has 0 amide bonds. The summed E-state index contributed by atoms with van der Waals surface area (Å²) in [6.07, 6.45) is 2.40. The Bertz CT molecular complexity index is 497. The van der Waals surface area contributed by atoms with Crippen LogP contribution in [0, 0.1) is 13.8 Å². The van der Waals surface area contributed by atoms with Gasteiger partial charge in [-0.2, -0.15) is 0 Å². The van der Waals surface area contributed by atoms with Crippen molar-refractivity contribution in [1.82, 2.24) is 9.97 Å². The summed E-state index contributed by atoms with van der Waals surface area (Å²) in [5, 5.41) is 0. The summed E-state index contributed by atoms with van der Waals surface area (Å²) < 4.78 is 0. The molecule has 86 valence electrons. The highest BCUT2D eigenvalue weighted by molar-refractivity contribution is 5.79. The zero-order valence-corrected chi connectivity index (χ0v) is 10.6. The lowest BCUT2D eigenvalue weighted by Crippen LogP contribution is -1.94. The third kappa shape index (κ3) is 1.97. The molecule has 1 N–H and O–H groups in total. The highest BCUT2D eigenvalue weighted by Crippen LogP contribution is 2.23. The number of benzene rings is 1. The van der Waals surface area contributed by atoms with Gasteiger partial charge in [0.1, 0.15) is 5.82 Å². The average Bonchev–Trinajstić information content (AvgIpc) is 2.62. The van der Waals surface area contributed by atoms with Crippen LogP contribution < -0.4 is 0 Å². The van der Waals surface area contributed by atoms with Crippen molar-refractivity contribution in [3.63, 3.8) is 0 Å². The maximum absolute atomic E-state index is 4.72. The van der Waals surface area contributed by atoms with E-state index in [1.165, 1.54) is 29.5 Å². The predicted octanol–water partition coefficient (Wildman–Crippen LogP) is 4.08. The number of hydrogen-bond donors (Lipinski definition) is 1. The van der Waals surface area contributed by atoms with E-state index in [0.29, 0.717) is 5.92 Å². The van der Waals surface area contributed by atoms with Gasteiger partial charge in [0.15, 0.2) is 0 Å². The van der Waals surface area contributed by atoms with Gasteiger partial charge in [0, 0.05) is 5.92 Å². The van der Waals surface area contributed by atoms with Crippen LogP contribution in [0.2, 0.25) is 0 Å². The van der Waals surface area contributed by atoms with Gasteiger partial charge in [-0.25, -0.2) is 4.98 Å². The molecular formula is C14H20N2. The molecule has 1 atom stereocenters. The SMILES string of the molecule is CCCC(C)c1nc2c(C)cc(C)cc2[nH]1. The molecule has 2 nitrogen and oxygen atoms in total. The van der Waals surface area contributed by atoms with Gasteiger partial charge >= 0.3 is 0 Å². The molecule has 2 aromatic rings. The summed E-state index contributed by atoms with van der Waals surface area (Å²) in [6, 6.07) is 4.37.